The summed E-state index contributed by atoms with van der Waals surface area (Å²) >= 11 is 3.45. The number of likely N-dealkylation sites (N-methyl/N-ethyl adjacent to an activating group) is 1. The van der Waals surface area contributed by atoms with Crippen LogP contribution in [0.25, 0.3) is 0 Å². The molecule has 0 amide bonds. The first-order valence-corrected chi connectivity index (χ1v) is 7.78. The smallest absolute Gasteiger partial charge is 0.0507 e. The molecule has 4 heteroatoms. The minimum absolute atomic E-state index is 0.718. The van der Waals surface area contributed by atoms with Gasteiger partial charge in [-0.1, -0.05) is 22.5 Å². The molecule has 0 unspecified atom stereocenters. The average Bonchev–Trinajstić information content (AvgIpc) is 2.82. The number of likely N-dealkylation sites (tertiary alicyclic amines) is 1. The second kappa shape index (κ2) is 7.04. The molecule has 2 heterocycles. The zero-order valence-electron chi connectivity index (χ0n) is 11.4. The van der Waals surface area contributed by atoms with Gasteiger partial charge < -0.3 is 9.64 Å². The largest absolute Gasteiger partial charge is 0.381 e. The maximum absolute atomic E-state index is 5.45. The van der Waals surface area contributed by atoms with E-state index in [1.807, 2.05) is 0 Å². The molecular weight excluding hydrogens is 292 g/mol. The van der Waals surface area contributed by atoms with E-state index in [9.17, 15) is 0 Å². The summed E-state index contributed by atoms with van der Waals surface area (Å²) in [6.45, 7) is 10.5. The van der Waals surface area contributed by atoms with Crippen molar-refractivity contribution in [3.8, 4) is 0 Å². The molecule has 0 radical (unpaired) electrons. The van der Waals surface area contributed by atoms with Crippen LogP contribution >= 0.6 is 15.9 Å². The fraction of sp³-hybridized carbons (Fsp3) is 0.857. The summed E-state index contributed by atoms with van der Waals surface area (Å²) in [4.78, 5) is 5.04. The number of hydrogen-bond acceptors (Lipinski definition) is 3. The van der Waals surface area contributed by atoms with Crippen LogP contribution in [0.2, 0.25) is 0 Å². The first-order valence-electron chi connectivity index (χ1n) is 6.99. The molecule has 0 saturated carbocycles. The van der Waals surface area contributed by atoms with Crippen molar-refractivity contribution in [2.24, 2.45) is 5.92 Å². The molecule has 0 aromatic carbocycles. The third kappa shape index (κ3) is 4.34. The highest BCUT2D eigenvalue weighted by Crippen LogP contribution is 2.20. The fourth-order valence-electron chi connectivity index (χ4n) is 3.03. The van der Waals surface area contributed by atoms with E-state index in [-0.39, 0.29) is 0 Å². The van der Waals surface area contributed by atoms with Gasteiger partial charge in [0.1, 0.15) is 0 Å². The van der Waals surface area contributed by atoms with E-state index >= 15 is 0 Å². The Morgan fingerprint density at radius 1 is 1.39 bits per heavy atom. The van der Waals surface area contributed by atoms with Crippen LogP contribution in [-0.2, 0) is 4.74 Å². The van der Waals surface area contributed by atoms with E-state index in [2.05, 4.69) is 39.4 Å². The predicted octanol–water partition coefficient (Wildman–Crippen LogP) is 2.33. The highest BCUT2D eigenvalue weighted by atomic mass is 79.9. The van der Waals surface area contributed by atoms with Gasteiger partial charge in [-0.05, 0) is 45.3 Å². The number of nitrogens with zero attached hydrogens (tertiary/aromatic N) is 2. The van der Waals surface area contributed by atoms with Gasteiger partial charge in [0.25, 0.3) is 0 Å². The number of halogens is 1. The molecule has 18 heavy (non-hydrogen) atoms. The Balaban J connectivity index is 1.68. The molecule has 0 aromatic rings. The first-order chi connectivity index (χ1) is 8.65. The predicted molar refractivity (Wildman–Crippen MR) is 79.1 cm³/mol. The Labute approximate surface area is 119 Å². The van der Waals surface area contributed by atoms with Crippen LogP contribution in [0.5, 0.6) is 0 Å². The van der Waals surface area contributed by atoms with Gasteiger partial charge in [-0.2, -0.15) is 0 Å². The van der Waals surface area contributed by atoms with Crippen LogP contribution < -0.4 is 0 Å². The summed E-state index contributed by atoms with van der Waals surface area (Å²) in [5, 5.41) is 0. The molecule has 0 aliphatic carbocycles. The van der Waals surface area contributed by atoms with Gasteiger partial charge >= 0.3 is 0 Å². The summed E-state index contributed by atoms with van der Waals surface area (Å²) < 4.78 is 6.53. The van der Waals surface area contributed by atoms with Crippen molar-refractivity contribution in [1.82, 2.24) is 9.80 Å². The molecule has 0 N–H and O–H groups in total. The number of rotatable bonds is 5. The van der Waals surface area contributed by atoms with Crippen molar-refractivity contribution in [2.75, 3.05) is 46.4 Å². The van der Waals surface area contributed by atoms with E-state index in [1.165, 1.54) is 38.9 Å². The second-order valence-electron chi connectivity index (χ2n) is 5.69. The third-order valence-corrected chi connectivity index (χ3v) is 4.39. The van der Waals surface area contributed by atoms with Gasteiger partial charge in [0.05, 0.1) is 6.61 Å². The van der Waals surface area contributed by atoms with Crippen molar-refractivity contribution in [1.29, 1.82) is 0 Å². The van der Waals surface area contributed by atoms with Crippen molar-refractivity contribution in [3.05, 3.63) is 11.1 Å². The summed E-state index contributed by atoms with van der Waals surface area (Å²) in [6.07, 6.45) is 3.82. The highest BCUT2D eigenvalue weighted by Gasteiger charge is 2.25. The molecule has 0 bridgehead atoms. The number of ether oxygens (including phenoxy) is 1. The molecule has 0 aromatic heterocycles. The first kappa shape index (κ1) is 14.5. The molecule has 2 rings (SSSR count). The monoisotopic (exact) mass is 316 g/mol. The molecule has 104 valence electrons. The van der Waals surface area contributed by atoms with Gasteiger partial charge in [0.15, 0.2) is 0 Å². The molecule has 0 spiro atoms. The summed E-state index contributed by atoms with van der Waals surface area (Å²) in [5.74, 6) is 0.779. The highest BCUT2D eigenvalue weighted by molar-refractivity contribution is 9.11. The van der Waals surface area contributed by atoms with Crippen LogP contribution in [-0.4, -0.2) is 62.3 Å². The normalized spacial score (nSPS) is 26.9. The zero-order chi connectivity index (χ0) is 13.0. The van der Waals surface area contributed by atoms with E-state index < -0.39 is 0 Å². The lowest BCUT2D eigenvalue weighted by Crippen LogP contribution is -2.45. The lowest BCUT2D eigenvalue weighted by Gasteiger charge is -2.37. The van der Waals surface area contributed by atoms with E-state index in [0.717, 1.165) is 36.2 Å². The summed E-state index contributed by atoms with van der Waals surface area (Å²) in [5.41, 5.74) is 0. The topological polar surface area (TPSA) is 15.7 Å². The van der Waals surface area contributed by atoms with Gasteiger partial charge in [-0.3, -0.25) is 4.90 Å². The Hall–Kier alpha value is 0.1000. The van der Waals surface area contributed by atoms with E-state index in [4.69, 9.17) is 4.74 Å². The lowest BCUT2D eigenvalue weighted by atomic mass is 10.0. The van der Waals surface area contributed by atoms with Crippen LogP contribution in [0.3, 0.4) is 0 Å². The van der Waals surface area contributed by atoms with Crippen molar-refractivity contribution in [3.63, 3.8) is 0 Å². The quantitative estimate of drug-likeness (QED) is 0.774. The minimum atomic E-state index is 0.718. The molecule has 2 fully saturated rings. The Morgan fingerprint density at radius 2 is 2.11 bits per heavy atom. The molecule has 2 saturated heterocycles. The average molecular weight is 317 g/mol. The SMILES string of the molecule is C=C(Br)CN(C)C1CCN(C[C@@H]2CCOC2)CC1. The molecule has 2 aliphatic heterocycles. The van der Waals surface area contributed by atoms with E-state index in [1.54, 1.807) is 0 Å². The molecule has 3 nitrogen and oxygen atoms in total. The maximum atomic E-state index is 5.45. The Bertz CT molecular complexity index is 271. The third-order valence-electron chi connectivity index (χ3n) is 4.14. The molecule has 2 aliphatic rings. The second-order valence-corrected chi connectivity index (χ2v) is 6.82. The molecule has 1 atom stereocenters. The van der Waals surface area contributed by atoms with Crippen molar-refractivity contribution >= 4 is 15.9 Å². The number of hydrogen-bond donors (Lipinski definition) is 0. The van der Waals surface area contributed by atoms with Crippen LogP contribution in [0, 0.1) is 5.92 Å². The molecular formula is C14H25BrN2O. The summed E-state index contributed by atoms with van der Waals surface area (Å²) in [6, 6.07) is 0.718. The Morgan fingerprint density at radius 3 is 2.67 bits per heavy atom. The lowest BCUT2D eigenvalue weighted by molar-refractivity contribution is 0.115. The Kier molecular flexibility index (Phi) is 5.67. The zero-order valence-corrected chi connectivity index (χ0v) is 13.0. The van der Waals surface area contributed by atoms with Gasteiger partial charge in [0, 0.05) is 30.2 Å². The van der Waals surface area contributed by atoms with Crippen LogP contribution in [0.4, 0.5) is 0 Å². The van der Waals surface area contributed by atoms with Crippen LogP contribution in [0.1, 0.15) is 19.3 Å². The maximum Gasteiger partial charge on any atom is 0.0507 e. The van der Waals surface area contributed by atoms with E-state index in [0.29, 0.717) is 0 Å². The standard InChI is InChI=1S/C14H25BrN2O/c1-12(15)9-16(2)14-3-6-17(7-4-14)10-13-5-8-18-11-13/h13-14H,1,3-11H2,2H3/t13-/m0/s1. The fourth-order valence-corrected chi connectivity index (χ4v) is 3.43. The summed E-state index contributed by atoms with van der Waals surface area (Å²) in [7, 11) is 2.21. The van der Waals surface area contributed by atoms with Crippen molar-refractivity contribution < 1.29 is 4.74 Å². The van der Waals surface area contributed by atoms with Crippen LogP contribution in [0.15, 0.2) is 11.1 Å². The van der Waals surface area contributed by atoms with Crippen molar-refractivity contribution in [2.45, 2.75) is 25.3 Å². The van der Waals surface area contributed by atoms with Gasteiger partial charge in [-0.25, -0.2) is 0 Å². The van der Waals surface area contributed by atoms with Gasteiger partial charge in [-0.15, -0.1) is 0 Å². The van der Waals surface area contributed by atoms with Gasteiger partial charge in [0.2, 0.25) is 0 Å². The minimum Gasteiger partial charge on any atom is -0.381 e. The number of piperidine rings is 1.